The number of carbonyl (C=O) groups is 1. The van der Waals surface area contributed by atoms with Gasteiger partial charge in [-0.05, 0) is 50.5 Å². The number of aromatic carboxylic acids is 1. The molecule has 1 aliphatic rings. The Kier molecular flexibility index (Phi) is 4.99. The van der Waals surface area contributed by atoms with E-state index in [0.29, 0.717) is 18.2 Å². The molecule has 106 valence electrons. The van der Waals surface area contributed by atoms with Gasteiger partial charge in [0.1, 0.15) is 5.76 Å². The lowest BCUT2D eigenvalue weighted by Gasteiger charge is -2.20. The Morgan fingerprint density at radius 2 is 2.21 bits per heavy atom. The zero-order chi connectivity index (χ0) is 13.7. The van der Waals surface area contributed by atoms with Crippen molar-refractivity contribution in [1.82, 2.24) is 10.2 Å². The first-order chi connectivity index (χ1) is 9.15. The molecule has 0 spiro atoms. The highest BCUT2D eigenvalue weighted by Crippen LogP contribution is 2.10. The first-order valence-electron chi connectivity index (χ1n) is 6.90. The molecule has 5 heteroatoms. The number of likely N-dealkylation sites (tertiary alicyclic amines) is 1. The van der Waals surface area contributed by atoms with E-state index in [1.165, 1.54) is 32.0 Å². The molecule has 1 aromatic rings. The average molecular weight is 266 g/mol. The molecule has 1 aliphatic heterocycles. The Hall–Kier alpha value is -1.33. The van der Waals surface area contributed by atoms with Crippen LogP contribution in [-0.4, -0.2) is 42.2 Å². The first-order valence-corrected chi connectivity index (χ1v) is 6.90. The van der Waals surface area contributed by atoms with Crippen molar-refractivity contribution in [2.75, 3.05) is 26.2 Å². The van der Waals surface area contributed by atoms with Crippen molar-refractivity contribution in [1.29, 1.82) is 0 Å². The monoisotopic (exact) mass is 266 g/mol. The second kappa shape index (κ2) is 6.73. The minimum atomic E-state index is -1.02. The van der Waals surface area contributed by atoms with Crippen LogP contribution in [0, 0.1) is 5.92 Å². The summed E-state index contributed by atoms with van der Waals surface area (Å²) >= 11 is 0. The van der Waals surface area contributed by atoms with Gasteiger partial charge in [0.05, 0.1) is 6.54 Å². The van der Waals surface area contributed by atoms with Gasteiger partial charge in [0.2, 0.25) is 5.76 Å². The summed E-state index contributed by atoms with van der Waals surface area (Å²) in [7, 11) is 0. The van der Waals surface area contributed by atoms with Gasteiger partial charge in [-0.15, -0.1) is 0 Å². The minimum Gasteiger partial charge on any atom is -0.475 e. The van der Waals surface area contributed by atoms with Crippen molar-refractivity contribution >= 4 is 5.97 Å². The van der Waals surface area contributed by atoms with Crippen LogP contribution in [-0.2, 0) is 6.54 Å². The molecule has 1 aromatic heterocycles. The van der Waals surface area contributed by atoms with Crippen molar-refractivity contribution < 1.29 is 14.3 Å². The average Bonchev–Trinajstić information content (AvgIpc) is 3.00. The maximum absolute atomic E-state index is 10.7. The van der Waals surface area contributed by atoms with Gasteiger partial charge in [-0.25, -0.2) is 4.79 Å². The minimum absolute atomic E-state index is 0.00177. The molecular formula is C14H22N2O3. The lowest BCUT2D eigenvalue weighted by Crippen LogP contribution is -2.31. The molecule has 1 fully saturated rings. The molecule has 0 saturated carbocycles. The smallest absolute Gasteiger partial charge is 0.371 e. The highest BCUT2D eigenvalue weighted by Gasteiger charge is 2.14. The highest BCUT2D eigenvalue weighted by molar-refractivity contribution is 5.84. The first kappa shape index (κ1) is 14.1. The zero-order valence-electron chi connectivity index (χ0n) is 11.4. The van der Waals surface area contributed by atoms with Crippen LogP contribution in [0.4, 0.5) is 0 Å². The van der Waals surface area contributed by atoms with Crippen molar-refractivity contribution in [2.24, 2.45) is 5.92 Å². The number of carboxylic acids is 1. The topological polar surface area (TPSA) is 65.7 Å². The third kappa shape index (κ3) is 4.36. The molecule has 0 aliphatic carbocycles. The normalized spacial score (nSPS) is 17.7. The van der Waals surface area contributed by atoms with Gasteiger partial charge in [-0.1, -0.05) is 6.92 Å². The number of furan rings is 1. The fourth-order valence-corrected chi connectivity index (χ4v) is 2.50. The third-order valence-electron chi connectivity index (χ3n) is 3.43. The summed E-state index contributed by atoms with van der Waals surface area (Å²) in [4.78, 5) is 13.2. The van der Waals surface area contributed by atoms with E-state index in [0.717, 1.165) is 13.1 Å². The Morgan fingerprint density at radius 3 is 2.84 bits per heavy atom. The molecule has 2 rings (SSSR count). The van der Waals surface area contributed by atoms with Crippen LogP contribution in [0.15, 0.2) is 16.5 Å². The fourth-order valence-electron chi connectivity index (χ4n) is 2.50. The summed E-state index contributed by atoms with van der Waals surface area (Å²) in [5.74, 6) is 0.244. The van der Waals surface area contributed by atoms with Crippen LogP contribution >= 0.6 is 0 Å². The number of carboxylic acid groups (broad SMARTS) is 1. The SMILES string of the molecule is CC(CNCc1ccc(C(=O)O)o1)CN1CCCC1. The number of hydrogen-bond donors (Lipinski definition) is 2. The summed E-state index contributed by atoms with van der Waals surface area (Å²) < 4.78 is 5.19. The quantitative estimate of drug-likeness (QED) is 0.788. The number of nitrogens with one attached hydrogen (secondary N) is 1. The fraction of sp³-hybridized carbons (Fsp3) is 0.643. The van der Waals surface area contributed by atoms with Gasteiger partial charge in [-0.3, -0.25) is 0 Å². The Labute approximate surface area is 113 Å². The Morgan fingerprint density at radius 1 is 1.47 bits per heavy atom. The predicted molar refractivity (Wildman–Crippen MR) is 72.2 cm³/mol. The standard InChI is InChI=1S/C14H22N2O3/c1-11(10-16-6-2-3-7-16)8-15-9-12-4-5-13(19-12)14(17)18/h4-5,11,15H,2-3,6-10H2,1H3,(H,17,18). The van der Waals surface area contributed by atoms with Gasteiger partial charge < -0.3 is 19.7 Å². The summed E-state index contributed by atoms with van der Waals surface area (Å²) in [6.45, 7) is 7.31. The van der Waals surface area contributed by atoms with Crippen LogP contribution in [0.5, 0.6) is 0 Å². The van der Waals surface area contributed by atoms with E-state index in [-0.39, 0.29) is 5.76 Å². The van der Waals surface area contributed by atoms with Crippen LogP contribution in [0.1, 0.15) is 36.1 Å². The molecule has 0 radical (unpaired) electrons. The summed E-state index contributed by atoms with van der Waals surface area (Å²) in [5, 5.41) is 12.1. The molecule has 2 N–H and O–H groups in total. The van der Waals surface area contributed by atoms with E-state index < -0.39 is 5.97 Å². The molecule has 19 heavy (non-hydrogen) atoms. The van der Waals surface area contributed by atoms with Gasteiger partial charge in [0, 0.05) is 6.54 Å². The molecule has 0 amide bonds. The van der Waals surface area contributed by atoms with E-state index in [9.17, 15) is 4.79 Å². The molecule has 2 heterocycles. The highest BCUT2D eigenvalue weighted by atomic mass is 16.4. The molecule has 5 nitrogen and oxygen atoms in total. The number of hydrogen-bond acceptors (Lipinski definition) is 4. The summed E-state index contributed by atoms with van der Waals surface area (Å²) in [6, 6.07) is 3.20. The lowest BCUT2D eigenvalue weighted by atomic mass is 10.1. The summed E-state index contributed by atoms with van der Waals surface area (Å²) in [5.41, 5.74) is 0. The van der Waals surface area contributed by atoms with Gasteiger partial charge in [0.25, 0.3) is 0 Å². The van der Waals surface area contributed by atoms with Crippen LogP contribution in [0.2, 0.25) is 0 Å². The second-order valence-electron chi connectivity index (χ2n) is 5.31. The van der Waals surface area contributed by atoms with Crippen LogP contribution < -0.4 is 5.32 Å². The van der Waals surface area contributed by atoms with Crippen molar-refractivity contribution in [3.63, 3.8) is 0 Å². The van der Waals surface area contributed by atoms with Gasteiger partial charge >= 0.3 is 5.97 Å². The number of rotatable bonds is 7. The van der Waals surface area contributed by atoms with E-state index in [1.807, 2.05) is 0 Å². The summed E-state index contributed by atoms with van der Waals surface area (Å²) in [6.07, 6.45) is 2.65. The van der Waals surface area contributed by atoms with E-state index in [1.54, 1.807) is 6.07 Å². The van der Waals surface area contributed by atoms with E-state index in [2.05, 4.69) is 17.1 Å². The van der Waals surface area contributed by atoms with Crippen LogP contribution in [0.3, 0.4) is 0 Å². The maximum atomic E-state index is 10.7. The molecule has 1 unspecified atom stereocenters. The van der Waals surface area contributed by atoms with Crippen LogP contribution in [0.25, 0.3) is 0 Å². The molecule has 1 saturated heterocycles. The molecule has 0 bridgehead atoms. The largest absolute Gasteiger partial charge is 0.475 e. The van der Waals surface area contributed by atoms with Crippen molar-refractivity contribution in [3.8, 4) is 0 Å². The zero-order valence-corrected chi connectivity index (χ0v) is 11.4. The Bertz CT molecular complexity index is 411. The molecular weight excluding hydrogens is 244 g/mol. The van der Waals surface area contributed by atoms with Gasteiger partial charge in [-0.2, -0.15) is 0 Å². The predicted octanol–water partition coefficient (Wildman–Crippen LogP) is 1.80. The number of nitrogens with zero attached hydrogens (tertiary/aromatic N) is 1. The lowest BCUT2D eigenvalue weighted by molar-refractivity contribution is 0.0660. The third-order valence-corrected chi connectivity index (χ3v) is 3.43. The second-order valence-corrected chi connectivity index (χ2v) is 5.31. The molecule has 1 atom stereocenters. The van der Waals surface area contributed by atoms with Crippen molar-refractivity contribution in [3.05, 3.63) is 23.7 Å². The van der Waals surface area contributed by atoms with E-state index in [4.69, 9.17) is 9.52 Å². The van der Waals surface area contributed by atoms with E-state index >= 15 is 0 Å². The van der Waals surface area contributed by atoms with Crippen molar-refractivity contribution in [2.45, 2.75) is 26.3 Å². The Balaban J connectivity index is 1.65. The maximum Gasteiger partial charge on any atom is 0.371 e. The van der Waals surface area contributed by atoms with Gasteiger partial charge in [0.15, 0.2) is 0 Å². The molecule has 0 aromatic carbocycles.